The maximum atomic E-state index is 6.17. The van der Waals surface area contributed by atoms with Crippen molar-refractivity contribution in [2.75, 3.05) is 13.1 Å². The smallest absolute Gasteiger partial charge is 0.115 e. The van der Waals surface area contributed by atoms with Crippen molar-refractivity contribution in [2.24, 2.45) is 5.92 Å². The summed E-state index contributed by atoms with van der Waals surface area (Å²) in [6.45, 7) is 10.0. The monoisotopic (exact) mass is 305 g/mol. The van der Waals surface area contributed by atoms with Gasteiger partial charge in [-0.25, -0.2) is 4.98 Å². The van der Waals surface area contributed by atoms with Gasteiger partial charge < -0.3 is 9.88 Å². The summed E-state index contributed by atoms with van der Waals surface area (Å²) in [6, 6.07) is 5.99. The lowest BCUT2D eigenvalue weighted by molar-refractivity contribution is 0.237. The summed E-state index contributed by atoms with van der Waals surface area (Å²) in [5.41, 5.74) is 2.26. The van der Waals surface area contributed by atoms with E-state index in [0.717, 1.165) is 35.7 Å². The second-order valence-electron chi connectivity index (χ2n) is 6.58. The van der Waals surface area contributed by atoms with Crippen LogP contribution in [0.15, 0.2) is 18.2 Å². The second-order valence-corrected chi connectivity index (χ2v) is 7.01. The molecule has 2 heterocycles. The van der Waals surface area contributed by atoms with Crippen molar-refractivity contribution < 1.29 is 0 Å². The van der Waals surface area contributed by atoms with E-state index in [1.54, 1.807) is 0 Å². The van der Waals surface area contributed by atoms with Crippen molar-refractivity contribution in [3.05, 3.63) is 29.0 Å². The predicted octanol–water partition coefficient (Wildman–Crippen LogP) is 3.99. The van der Waals surface area contributed by atoms with E-state index in [1.165, 1.54) is 18.7 Å². The Morgan fingerprint density at radius 3 is 2.90 bits per heavy atom. The van der Waals surface area contributed by atoms with Crippen LogP contribution in [0.4, 0.5) is 0 Å². The first-order valence-electron chi connectivity index (χ1n) is 7.91. The third-order valence-corrected chi connectivity index (χ3v) is 5.16. The van der Waals surface area contributed by atoms with Gasteiger partial charge in [0.15, 0.2) is 0 Å². The van der Waals surface area contributed by atoms with Crippen LogP contribution in [-0.4, -0.2) is 22.6 Å². The maximum Gasteiger partial charge on any atom is 0.115 e. The molecule has 4 heteroatoms. The number of halogens is 1. The molecule has 0 bridgehead atoms. The number of hydrogen-bond donors (Lipinski definition) is 1. The average molecular weight is 306 g/mol. The molecule has 1 aromatic carbocycles. The van der Waals surface area contributed by atoms with Crippen LogP contribution in [-0.2, 0) is 12.0 Å². The van der Waals surface area contributed by atoms with Gasteiger partial charge in [0.25, 0.3) is 0 Å². The zero-order valence-electron chi connectivity index (χ0n) is 13.1. The molecule has 1 atom stereocenters. The fourth-order valence-corrected chi connectivity index (χ4v) is 3.72. The highest BCUT2D eigenvalue weighted by molar-refractivity contribution is 6.31. The number of aromatic nitrogens is 2. The number of fused-ring (bicyclic) bond motifs is 1. The molecule has 21 heavy (non-hydrogen) atoms. The summed E-state index contributed by atoms with van der Waals surface area (Å²) >= 11 is 6.17. The lowest BCUT2D eigenvalue weighted by Gasteiger charge is -2.37. The minimum Gasteiger partial charge on any atom is -0.328 e. The molecule has 2 aromatic rings. The molecule has 0 saturated carbocycles. The van der Waals surface area contributed by atoms with Gasteiger partial charge in [0.1, 0.15) is 5.82 Å². The molecule has 3 rings (SSSR count). The topological polar surface area (TPSA) is 29.9 Å². The second kappa shape index (κ2) is 5.62. The van der Waals surface area contributed by atoms with E-state index < -0.39 is 0 Å². The van der Waals surface area contributed by atoms with Crippen LogP contribution in [0.2, 0.25) is 5.02 Å². The molecule has 114 valence electrons. The van der Waals surface area contributed by atoms with Crippen molar-refractivity contribution in [1.82, 2.24) is 14.9 Å². The molecular formula is C17H24ClN3. The van der Waals surface area contributed by atoms with Crippen LogP contribution < -0.4 is 5.32 Å². The highest BCUT2D eigenvalue weighted by Gasteiger charge is 2.36. The van der Waals surface area contributed by atoms with E-state index in [2.05, 4.69) is 30.7 Å². The number of rotatable bonds is 3. The molecule has 0 amide bonds. The first-order valence-corrected chi connectivity index (χ1v) is 8.29. The van der Waals surface area contributed by atoms with Crippen LogP contribution in [0, 0.1) is 5.92 Å². The summed E-state index contributed by atoms with van der Waals surface area (Å²) in [7, 11) is 0. The van der Waals surface area contributed by atoms with E-state index in [-0.39, 0.29) is 5.41 Å². The van der Waals surface area contributed by atoms with Crippen molar-refractivity contribution in [2.45, 2.75) is 45.6 Å². The predicted molar refractivity (Wildman–Crippen MR) is 89.0 cm³/mol. The normalized spacial score (nSPS) is 20.1. The number of nitrogens with zero attached hydrogens (tertiary/aromatic N) is 2. The highest BCUT2D eigenvalue weighted by Crippen LogP contribution is 2.37. The average Bonchev–Trinajstić information content (AvgIpc) is 2.86. The zero-order valence-corrected chi connectivity index (χ0v) is 13.9. The molecule has 1 aliphatic rings. The van der Waals surface area contributed by atoms with Gasteiger partial charge in [-0.05, 0) is 57.0 Å². The molecule has 1 aliphatic heterocycles. The van der Waals surface area contributed by atoms with Crippen LogP contribution in [0.25, 0.3) is 11.0 Å². The lowest BCUT2D eigenvalue weighted by Crippen LogP contribution is -2.42. The van der Waals surface area contributed by atoms with Crippen LogP contribution >= 0.6 is 11.6 Å². The van der Waals surface area contributed by atoms with Gasteiger partial charge >= 0.3 is 0 Å². The Labute approximate surface area is 131 Å². The Balaban J connectivity index is 2.09. The minimum atomic E-state index is 0.0644. The molecule has 1 aromatic heterocycles. The summed E-state index contributed by atoms with van der Waals surface area (Å²) in [5, 5.41) is 4.31. The third kappa shape index (κ3) is 2.58. The van der Waals surface area contributed by atoms with Crippen molar-refractivity contribution in [3.63, 3.8) is 0 Å². The molecular weight excluding hydrogens is 282 g/mol. The number of piperidine rings is 1. The standard InChI is InChI=1S/C17H24ClN3/c1-4-21-15-10-13(18)7-8-14(15)20-16(21)17(2,3)12-6-5-9-19-11-12/h7-8,10,12,19H,4-6,9,11H2,1-3H3. The molecule has 1 N–H and O–H groups in total. The van der Waals surface area contributed by atoms with Gasteiger partial charge in [0.2, 0.25) is 0 Å². The van der Waals surface area contributed by atoms with Crippen molar-refractivity contribution >= 4 is 22.6 Å². The molecule has 0 radical (unpaired) electrons. The summed E-state index contributed by atoms with van der Waals surface area (Å²) in [4.78, 5) is 4.95. The Bertz CT molecular complexity index is 639. The van der Waals surface area contributed by atoms with Gasteiger partial charge in [0, 0.05) is 17.0 Å². The van der Waals surface area contributed by atoms with Crippen molar-refractivity contribution in [3.8, 4) is 0 Å². The quantitative estimate of drug-likeness (QED) is 0.929. The molecule has 1 saturated heterocycles. The minimum absolute atomic E-state index is 0.0644. The lowest BCUT2D eigenvalue weighted by atomic mass is 9.74. The number of imidazole rings is 1. The Morgan fingerprint density at radius 1 is 1.43 bits per heavy atom. The fraction of sp³-hybridized carbons (Fsp3) is 0.588. The van der Waals surface area contributed by atoms with Crippen LogP contribution in [0.3, 0.4) is 0 Å². The third-order valence-electron chi connectivity index (χ3n) is 4.92. The van der Waals surface area contributed by atoms with E-state index in [4.69, 9.17) is 16.6 Å². The number of hydrogen-bond acceptors (Lipinski definition) is 2. The van der Waals surface area contributed by atoms with Gasteiger partial charge in [-0.1, -0.05) is 25.4 Å². The van der Waals surface area contributed by atoms with Gasteiger partial charge in [-0.15, -0.1) is 0 Å². The Kier molecular flexibility index (Phi) is 3.98. The number of aryl methyl sites for hydroxylation is 1. The first-order chi connectivity index (χ1) is 10.0. The first kappa shape index (κ1) is 14.9. The van der Waals surface area contributed by atoms with Gasteiger partial charge in [-0.3, -0.25) is 0 Å². The van der Waals surface area contributed by atoms with Gasteiger partial charge in [-0.2, -0.15) is 0 Å². The zero-order chi connectivity index (χ0) is 15.0. The molecule has 1 fully saturated rings. The number of benzene rings is 1. The SMILES string of the molecule is CCn1c(C(C)(C)C2CCCNC2)nc2ccc(Cl)cc21. The molecule has 3 nitrogen and oxygen atoms in total. The highest BCUT2D eigenvalue weighted by atomic mass is 35.5. The molecule has 0 spiro atoms. The van der Waals surface area contributed by atoms with E-state index >= 15 is 0 Å². The van der Waals surface area contributed by atoms with E-state index in [9.17, 15) is 0 Å². The van der Waals surface area contributed by atoms with E-state index in [1.807, 2.05) is 18.2 Å². The van der Waals surface area contributed by atoms with Crippen LogP contribution in [0.1, 0.15) is 39.4 Å². The summed E-state index contributed by atoms with van der Waals surface area (Å²) < 4.78 is 2.33. The number of nitrogens with one attached hydrogen (secondary N) is 1. The Hall–Kier alpha value is -1.06. The largest absolute Gasteiger partial charge is 0.328 e. The maximum absolute atomic E-state index is 6.17. The summed E-state index contributed by atoms with van der Waals surface area (Å²) in [5.74, 6) is 1.82. The summed E-state index contributed by atoms with van der Waals surface area (Å²) in [6.07, 6.45) is 2.53. The molecule has 0 aliphatic carbocycles. The van der Waals surface area contributed by atoms with Gasteiger partial charge in [0.05, 0.1) is 11.0 Å². The van der Waals surface area contributed by atoms with E-state index in [0.29, 0.717) is 5.92 Å². The fourth-order valence-electron chi connectivity index (χ4n) is 3.56. The Morgan fingerprint density at radius 2 is 2.24 bits per heavy atom. The van der Waals surface area contributed by atoms with Crippen LogP contribution in [0.5, 0.6) is 0 Å². The van der Waals surface area contributed by atoms with Crippen molar-refractivity contribution in [1.29, 1.82) is 0 Å². The molecule has 1 unspecified atom stereocenters.